The minimum absolute atomic E-state index is 0.0121. The molecular weight excluding hydrogens is 442 g/mol. The fourth-order valence-electron chi connectivity index (χ4n) is 3.90. The van der Waals surface area contributed by atoms with Gasteiger partial charge in [0.15, 0.2) is 5.16 Å². The molecule has 3 rings (SSSR count). The maximum Gasteiger partial charge on any atom is 0.414 e. The highest BCUT2D eigenvalue weighted by Gasteiger charge is 2.35. The number of carbonyl (C=O) groups is 2. The van der Waals surface area contributed by atoms with E-state index in [1.54, 1.807) is 18.2 Å². The molecule has 9 nitrogen and oxygen atoms in total. The number of thioether (sulfide) groups is 1. The van der Waals surface area contributed by atoms with Gasteiger partial charge < -0.3 is 14.8 Å². The summed E-state index contributed by atoms with van der Waals surface area (Å²) in [7, 11) is 3.60. The van der Waals surface area contributed by atoms with Crippen molar-refractivity contribution in [1.82, 2.24) is 14.9 Å². The normalized spacial score (nSPS) is 15.7. The van der Waals surface area contributed by atoms with Crippen LogP contribution in [0.4, 0.5) is 16.3 Å². The second-order valence-electron chi connectivity index (χ2n) is 8.74. The summed E-state index contributed by atoms with van der Waals surface area (Å²) >= 11 is 1.41. The SMILES string of the molecule is COc1cccc2c1N(C(=O)OC(C)(C)C)CCC2N(C)Cc1cnc(SC)nc1NC=O. The summed E-state index contributed by atoms with van der Waals surface area (Å²) < 4.78 is 11.3. The van der Waals surface area contributed by atoms with Crippen LogP contribution in [0.25, 0.3) is 0 Å². The molecule has 0 bridgehead atoms. The van der Waals surface area contributed by atoms with E-state index < -0.39 is 11.7 Å². The molecule has 1 atom stereocenters. The first-order chi connectivity index (χ1) is 15.7. The van der Waals surface area contributed by atoms with Crippen molar-refractivity contribution in [2.24, 2.45) is 0 Å². The number of methoxy groups -OCH3 is 1. The van der Waals surface area contributed by atoms with E-state index in [-0.39, 0.29) is 6.04 Å². The summed E-state index contributed by atoms with van der Waals surface area (Å²) in [5.74, 6) is 1.11. The summed E-state index contributed by atoms with van der Waals surface area (Å²) in [5.41, 5.74) is 1.90. The highest BCUT2D eigenvalue weighted by molar-refractivity contribution is 7.98. The van der Waals surface area contributed by atoms with Crippen LogP contribution in [-0.4, -0.2) is 59.9 Å². The first-order valence-corrected chi connectivity index (χ1v) is 11.9. The Morgan fingerprint density at radius 3 is 2.79 bits per heavy atom. The highest BCUT2D eigenvalue weighted by Crippen LogP contribution is 2.43. The van der Waals surface area contributed by atoms with Crippen LogP contribution in [0.3, 0.4) is 0 Å². The van der Waals surface area contributed by atoms with E-state index in [2.05, 4.69) is 20.2 Å². The van der Waals surface area contributed by atoms with Crippen LogP contribution in [0.5, 0.6) is 5.75 Å². The maximum absolute atomic E-state index is 13.0. The minimum Gasteiger partial charge on any atom is -0.495 e. The van der Waals surface area contributed by atoms with Gasteiger partial charge in [-0.15, -0.1) is 0 Å². The first kappa shape index (κ1) is 24.8. The zero-order valence-corrected chi connectivity index (χ0v) is 20.7. The Labute approximate surface area is 198 Å². The molecular formula is C23H31N5O4S. The average molecular weight is 474 g/mol. The first-order valence-electron chi connectivity index (χ1n) is 10.7. The molecule has 33 heavy (non-hydrogen) atoms. The molecule has 2 amide bonds. The molecule has 10 heteroatoms. The Morgan fingerprint density at radius 2 is 2.15 bits per heavy atom. The molecule has 178 valence electrons. The third-order valence-corrected chi connectivity index (χ3v) is 5.85. The molecule has 0 saturated carbocycles. The lowest BCUT2D eigenvalue weighted by molar-refractivity contribution is -0.105. The number of rotatable bonds is 7. The molecule has 2 aromatic rings. The third-order valence-electron chi connectivity index (χ3n) is 5.29. The highest BCUT2D eigenvalue weighted by atomic mass is 32.2. The summed E-state index contributed by atoms with van der Waals surface area (Å²) in [6.07, 6.45) is 4.55. The van der Waals surface area contributed by atoms with Gasteiger partial charge in [0.05, 0.1) is 12.8 Å². The van der Waals surface area contributed by atoms with Crippen LogP contribution in [0.1, 0.15) is 44.4 Å². The van der Waals surface area contributed by atoms with E-state index in [0.29, 0.717) is 42.6 Å². The van der Waals surface area contributed by atoms with Gasteiger partial charge in [0, 0.05) is 30.9 Å². The quantitative estimate of drug-likeness (QED) is 0.365. The molecule has 0 saturated heterocycles. The number of anilines is 2. The Balaban J connectivity index is 1.93. The van der Waals surface area contributed by atoms with Crippen molar-refractivity contribution in [3.8, 4) is 5.75 Å². The van der Waals surface area contributed by atoms with Crippen LogP contribution >= 0.6 is 11.8 Å². The fourth-order valence-corrected chi connectivity index (χ4v) is 4.24. The smallest absolute Gasteiger partial charge is 0.414 e. The lowest BCUT2D eigenvalue weighted by Crippen LogP contribution is -2.43. The van der Waals surface area contributed by atoms with Crippen molar-refractivity contribution < 1.29 is 19.1 Å². The average Bonchev–Trinajstić information content (AvgIpc) is 2.77. The van der Waals surface area contributed by atoms with Gasteiger partial charge in [-0.1, -0.05) is 23.9 Å². The lowest BCUT2D eigenvalue weighted by Gasteiger charge is -2.39. The maximum atomic E-state index is 13.0. The zero-order chi connectivity index (χ0) is 24.2. The van der Waals surface area contributed by atoms with Crippen molar-refractivity contribution in [3.63, 3.8) is 0 Å². The molecule has 0 fully saturated rings. The number of nitrogens with zero attached hydrogens (tertiary/aromatic N) is 4. The number of carbonyl (C=O) groups excluding carboxylic acids is 2. The molecule has 1 aliphatic heterocycles. The standard InChI is InChI=1S/C23H31N5O4S/c1-23(2,3)32-22(30)28-11-10-17(16-8-7-9-18(31-5)19(16)28)27(4)13-15-12-24-21(33-6)26-20(15)25-14-29/h7-9,12,14,17H,10-11,13H2,1-6H3,(H,24,25,26,29). The Morgan fingerprint density at radius 1 is 1.39 bits per heavy atom. The number of amides is 2. The molecule has 1 N–H and O–H groups in total. The number of aromatic nitrogens is 2. The number of hydrogen-bond donors (Lipinski definition) is 1. The molecule has 2 heterocycles. The predicted molar refractivity (Wildman–Crippen MR) is 129 cm³/mol. The van der Waals surface area contributed by atoms with Gasteiger partial charge in [0.1, 0.15) is 17.2 Å². The van der Waals surface area contributed by atoms with Gasteiger partial charge >= 0.3 is 6.09 Å². The zero-order valence-electron chi connectivity index (χ0n) is 19.9. The van der Waals surface area contributed by atoms with E-state index in [1.165, 1.54) is 11.8 Å². The predicted octanol–water partition coefficient (Wildman–Crippen LogP) is 4.09. The number of nitrogens with one attached hydrogen (secondary N) is 1. The molecule has 0 aliphatic carbocycles. The Kier molecular flexibility index (Phi) is 7.80. The number of para-hydroxylation sites is 1. The van der Waals surface area contributed by atoms with Crippen LogP contribution in [0.2, 0.25) is 0 Å². The molecule has 1 aromatic carbocycles. The molecule has 1 aromatic heterocycles. The topological polar surface area (TPSA) is 96.9 Å². The Hall–Kier alpha value is -2.85. The summed E-state index contributed by atoms with van der Waals surface area (Å²) in [5, 5.41) is 3.27. The van der Waals surface area contributed by atoms with Crippen LogP contribution in [0, 0.1) is 0 Å². The third kappa shape index (κ3) is 5.75. The summed E-state index contributed by atoms with van der Waals surface area (Å²) in [6.45, 7) is 6.55. The molecule has 1 unspecified atom stereocenters. The van der Waals surface area contributed by atoms with Crippen molar-refractivity contribution >= 4 is 35.8 Å². The molecule has 1 aliphatic rings. The fraction of sp³-hybridized carbons (Fsp3) is 0.478. The van der Waals surface area contributed by atoms with Crippen molar-refractivity contribution in [2.45, 2.75) is 50.5 Å². The monoisotopic (exact) mass is 473 g/mol. The number of hydrogen-bond acceptors (Lipinski definition) is 8. The minimum atomic E-state index is -0.599. The van der Waals surface area contributed by atoms with Crippen molar-refractivity contribution in [2.75, 3.05) is 37.2 Å². The largest absolute Gasteiger partial charge is 0.495 e. The van der Waals surface area contributed by atoms with E-state index >= 15 is 0 Å². The van der Waals surface area contributed by atoms with Gasteiger partial charge in [0.25, 0.3) is 0 Å². The lowest BCUT2D eigenvalue weighted by atomic mass is 9.94. The van der Waals surface area contributed by atoms with Gasteiger partial charge in [-0.25, -0.2) is 14.8 Å². The van der Waals surface area contributed by atoms with E-state index in [9.17, 15) is 9.59 Å². The summed E-state index contributed by atoms with van der Waals surface area (Å²) in [6, 6.07) is 5.79. The van der Waals surface area contributed by atoms with Crippen LogP contribution < -0.4 is 15.0 Å². The van der Waals surface area contributed by atoms with Crippen LogP contribution in [0.15, 0.2) is 29.6 Å². The van der Waals surface area contributed by atoms with Crippen molar-refractivity contribution in [1.29, 1.82) is 0 Å². The second kappa shape index (κ2) is 10.4. The van der Waals surface area contributed by atoms with Gasteiger partial charge in [-0.3, -0.25) is 14.6 Å². The second-order valence-corrected chi connectivity index (χ2v) is 9.52. The van der Waals surface area contributed by atoms with Gasteiger partial charge in [-0.2, -0.15) is 0 Å². The van der Waals surface area contributed by atoms with Gasteiger partial charge in [0.2, 0.25) is 6.41 Å². The summed E-state index contributed by atoms with van der Waals surface area (Å²) in [4.78, 5) is 36.6. The van der Waals surface area contributed by atoms with E-state index in [1.807, 2.05) is 52.3 Å². The molecule has 0 radical (unpaired) electrons. The van der Waals surface area contributed by atoms with E-state index in [0.717, 1.165) is 16.8 Å². The van der Waals surface area contributed by atoms with Crippen LogP contribution in [-0.2, 0) is 16.1 Å². The molecule has 0 spiro atoms. The number of fused-ring (bicyclic) bond motifs is 1. The number of benzene rings is 1. The Bertz CT molecular complexity index is 1010. The van der Waals surface area contributed by atoms with E-state index in [4.69, 9.17) is 9.47 Å². The van der Waals surface area contributed by atoms with Crippen molar-refractivity contribution in [3.05, 3.63) is 35.5 Å². The number of ether oxygens (including phenoxy) is 2. The van der Waals surface area contributed by atoms with Gasteiger partial charge in [-0.05, 0) is 52.1 Å².